The largest absolute Gasteiger partial charge is 0.481 e. The second kappa shape index (κ2) is 6.36. The average Bonchev–Trinajstić information content (AvgIpc) is 2.48. The highest BCUT2D eigenvalue weighted by Gasteiger charge is 2.24. The van der Waals surface area contributed by atoms with Gasteiger partial charge in [-0.1, -0.05) is 0 Å². The van der Waals surface area contributed by atoms with Crippen molar-refractivity contribution in [1.29, 1.82) is 0 Å². The Bertz CT molecular complexity index is 496. The molecule has 0 atom stereocenters. The first-order valence-electron chi connectivity index (χ1n) is 6.83. The van der Waals surface area contributed by atoms with Crippen molar-refractivity contribution in [2.24, 2.45) is 5.92 Å². The first-order valence-corrected chi connectivity index (χ1v) is 6.83. The van der Waals surface area contributed by atoms with E-state index in [1.165, 1.54) is 0 Å². The summed E-state index contributed by atoms with van der Waals surface area (Å²) in [7, 11) is 0. The number of carboxylic acid groups (broad SMARTS) is 1. The van der Waals surface area contributed by atoms with E-state index in [2.05, 4.69) is 15.2 Å². The van der Waals surface area contributed by atoms with Crippen molar-refractivity contribution < 1.29 is 14.7 Å². The molecule has 20 heavy (non-hydrogen) atoms. The number of nitrogens with zero attached hydrogens (tertiary/aromatic N) is 2. The summed E-state index contributed by atoms with van der Waals surface area (Å²) in [5.74, 6) is -1.16. The summed E-state index contributed by atoms with van der Waals surface area (Å²) in [5, 5.41) is 11.7. The smallest absolute Gasteiger partial charge is 0.306 e. The number of nitrogens with one attached hydrogen (secondary N) is 1. The van der Waals surface area contributed by atoms with Crippen molar-refractivity contribution >= 4 is 17.6 Å². The van der Waals surface area contributed by atoms with E-state index >= 15 is 0 Å². The Labute approximate surface area is 117 Å². The Balaban J connectivity index is 2.05. The lowest BCUT2D eigenvalue weighted by molar-refractivity contribution is -0.142. The highest BCUT2D eigenvalue weighted by atomic mass is 16.4. The van der Waals surface area contributed by atoms with Crippen LogP contribution in [0.5, 0.6) is 0 Å². The van der Waals surface area contributed by atoms with Gasteiger partial charge >= 0.3 is 5.97 Å². The highest BCUT2D eigenvalue weighted by Crippen LogP contribution is 2.23. The van der Waals surface area contributed by atoms with Crippen molar-refractivity contribution in [3.05, 3.63) is 24.0 Å². The molecule has 6 heteroatoms. The first-order chi connectivity index (χ1) is 9.61. The van der Waals surface area contributed by atoms with Gasteiger partial charge in [-0.15, -0.1) is 0 Å². The second-order valence-electron chi connectivity index (χ2n) is 4.86. The van der Waals surface area contributed by atoms with Gasteiger partial charge in [-0.2, -0.15) is 0 Å². The molecular weight excluding hydrogens is 258 g/mol. The van der Waals surface area contributed by atoms with E-state index in [0.717, 1.165) is 5.69 Å². The Morgan fingerprint density at radius 1 is 1.45 bits per heavy atom. The highest BCUT2D eigenvalue weighted by molar-refractivity contribution is 5.93. The summed E-state index contributed by atoms with van der Waals surface area (Å²) in [6.45, 7) is 3.80. The number of carboxylic acids is 1. The fourth-order valence-corrected chi connectivity index (χ4v) is 2.38. The van der Waals surface area contributed by atoms with E-state index in [9.17, 15) is 9.59 Å². The summed E-state index contributed by atoms with van der Waals surface area (Å²) in [6, 6.07) is 3.61. The van der Waals surface area contributed by atoms with Gasteiger partial charge in [0.2, 0.25) is 0 Å². The van der Waals surface area contributed by atoms with Crippen LogP contribution >= 0.6 is 0 Å². The molecule has 1 aliphatic rings. The number of hydrogen-bond acceptors (Lipinski definition) is 4. The van der Waals surface area contributed by atoms with Crippen LogP contribution < -0.4 is 10.2 Å². The van der Waals surface area contributed by atoms with Crippen LogP contribution in [0.1, 0.15) is 30.3 Å². The van der Waals surface area contributed by atoms with Crippen LogP contribution in [0, 0.1) is 5.92 Å². The van der Waals surface area contributed by atoms with Gasteiger partial charge in [0.1, 0.15) is 5.69 Å². The lowest BCUT2D eigenvalue weighted by Crippen LogP contribution is -2.36. The summed E-state index contributed by atoms with van der Waals surface area (Å²) >= 11 is 0. The zero-order chi connectivity index (χ0) is 14.5. The standard InChI is InChI=1S/C14H19N3O3/c1-2-15-13(18)12-9-11(3-6-16-12)17-7-4-10(5-8-17)14(19)20/h3,6,9-10H,2,4-5,7-8H2,1H3,(H,15,18)(H,19,20). The van der Waals surface area contributed by atoms with E-state index in [-0.39, 0.29) is 11.8 Å². The summed E-state index contributed by atoms with van der Waals surface area (Å²) < 4.78 is 0. The third-order valence-electron chi connectivity index (χ3n) is 3.52. The van der Waals surface area contributed by atoms with E-state index in [1.54, 1.807) is 12.3 Å². The van der Waals surface area contributed by atoms with E-state index in [4.69, 9.17) is 5.11 Å². The zero-order valence-electron chi connectivity index (χ0n) is 11.5. The summed E-state index contributed by atoms with van der Waals surface area (Å²) in [5.41, 5.74) is 1.31. The Kier molecular flexibility index (Phi) is 4.55. The molecule has 0 aliphatic carbocycles. The number of amides is 1. The molecule has 2 rings (SSSR count). The molecule has 108 valence electrons. The average molecular weight is 277 g/mol. The van der Waals surface area contributed by atoms with Crippen LogP contribution in [0.2, 0.25) is 0 Å². The molecule has 1 fully saturated rings. The maximum absolute atomic E-state index is 11.8. The first kappa shape index (κ1) is 14.3. The molecule has 1 aliphatic heterocycles. The molecule has 2 N–H and O–H groups in total. The number of pyridine rings is 1. The maximum Gasteiger partial charge on any atom is 0.306 e. The van der Waals surface area contributed by atoms with Crippen molar-refractivity contribution in [1.82, 2.24) is 10.3 Å². The minimum absolute atomic E-state index is 0.185. The number of carbonyl (C=O) groups is 2. The number of aliphatic carboxylic acids is 1. The lowest BCUT2D eigenvalue weighted by Gasteiger charge is -2.31. The van der Waals surface area contributed by atoms with Crippen LogP contribution in [0.3, 0.4) is 0 Å². The van der Waals surface area contributed by atoms with E-state index < -0.39 is 5.97 Å². The number of piperidine rings is 1. The van der Waals surface area contributed by atoms with Crippen molar-refractivity contribution in [2.45, 2.75) is 19.8 Å². The number of rotatable bonds is 4. The second-order valence-corrected chi connectivity index (χ2v) is 4.86. The lowest BCUT2D eigenvalue weighted by atomic mass is 9.97. The minimum atomic E-state index is -0.720. The van der Waals surface area contributed by atoms with Crippen LogP contribution in [-0.4, -0.2) is 41.6 Å². The van der Waals surface area contributed by atoms with E-state index in [1.807, 2.05) is 13.0 Å². The fraction of sp³-hybridized carbons (Fsp3) is 0.500. The molecule has 0 bridgehead atoms. The van der Waals surface area contributed by atoms with Crippen LogP contribution in [-0.2, 0) is 4.79 Å². The van der Waals surface area contributed by atoms with Gasteiger partial charge in [-0.25, -0.2) is 0 Å². The van der Waals surface area contributed by atoms with Gasteiger partial charge in [0.25, 0.3) is 5.91 Å². The third kappa shape index (κ3) is 3.26. The fourth-order valence-electron chi connectivity index (χ4n) is 2.38. The molecule has 1 saturated heterocycles. The van der Waals surface area contributed by atoms with Crippen molar-refractivity contribution in [3.63, 3.8) is 0 Å². The number of hydrogen-bond donors (Lipinski definition) is 2. The normalized spacial score (nSPS) is 15.9. The minimum Gasteiger partial charge on any atom is -0.481 e. The summed E-state index contributed by atoms with van der Waals surface area (Å²) in [4.78, 5) is 28.8. The number of carbonyl (C=O) groups excluding carboxylic acids is 1. The van der Waals surface area contributed by atoms with Crippen LogP contribution in [0.25, 0.3) is 0 Å². The zero-order valence-corrected chi connectivity index (χ0v) is 11.5. The molecule has 1 aromatic rings. The maximum atomic E-state index is 11.8. The summed E-state index contributed by atoms with van der Waals surface area (Å²) in [6.07, 6.45) is 2.88. The van der Waals surface area contributed by atoms with Gasteiger partial charge in [0.15, 0.2) is 0 Å². The molecule has 2 heterocycles. The molecule has 0 spiro atoms. The van der Waals surface area contributed by atoms with Crippen molar-refractivity contribution in [3.8, 4) is 0 Å². The SMILES string of the molecule is CCNC(=O)c1cc(N2CCC(C(=O)O)CC2)ccn1. The van der Waals surface area contributed by atoms with Gasteiger partial charge < -0.3 is 15.3 Å². The van der Waals surface area contributed by atoms with Crippen LogP contribution in [0.15, 0.2) is 18.3 Å². The Morgan fingerprint density at radius 2 is 2.15 bits per heavy atom. The van der Waals surface area contributed by atoms with Crippen molar-refractivity contribution in [2.75, 3.05) is 24.5 Å². The molecule has 1 amide bonds. The van der Waals surface area contributed by atoms with Gasteiger partial charge in [-0.05, 0) is 31.9 Å². The molecule has 0 aromatic carbocycles. The molecule has 1 aromatic heterocycles. The van der Waals surface area contributed by atoms with E-state index in [0.29, 0.717) is 38.2 Å². The molecule has 0 saturated carbocycles. The van der Waals surface area contributed by atoms with Crippen LogP contribution in [0.4, 0.5) is 5.69 Å². The Morgan fingerprint density at radius 3 is 2.75 bits per heavy atom. The molecule has 6 nitrogen and oxygen atoms in total. The van der Waals surface area contributed by atoms with Gasteiger partial charge in [0, 0.05) is 31.5 Å². The molecule has 0 radical (unpaired) electrons. The quantitative estimate of drug-likeness (QED) is 0.862. The third-order valence-corrected chi connectivity index (χ3v) is 3.52. The number of anilines is 1. The monoisotopic (exact) mass is 277 g/mol. The topological polar surface area (TPSA) is 82.5 Å². The predicted molar refractivity (Wildman–Crippen MR) is 74.8 cm³/mol. The predicted octanol–water partition coefficient (Wildman–Crippen LogP) is 1.13. The molecule has 0 unspecified atom stereocenters. The number of aromatic nitrogens is 1. The molecular formula is C14H19N3O3. The van der Waals surface area contributed by atoms with Gasteiger partial charge in [0.05, 0.1) is 5.92 Å². The Hall–Kier alpha value is -2.11. The van der Waals surface area contributed by atoms with Gasteiger partial charge in [-0.3, -0.25) is 14.6 Å².